The summed E-state index contributed by atoms with van der Waals surface area (Å²) in [6, 6.07) is 15.5. The van der Waals surface area contributed by atoms with E-state index in [1.54, 1.807) is 4.90 Å². The number of aliphatic carboxylic acids is 1. The molecular weight excluding hydrogens is 448 g/mol. The number of benzene rings is 2. The molecular formula is C27H32N2O6. The fraction of sp³-hybridized carbons (Fsp3) is 0.444. The van der Waals surface area contributed by atoms with E-state index in [9.17, 15) is 14.4 Å². The van der Waals surface area contributed by atoms with Crippen molar-refractivity contribution in [3.63, 3.8) is 0 Å². The molecule has 1 saturated heterocycles. The first-order valence-electron chi connectivity index (χ1n) is 12.1. The molecule has 2 amide bonds. The first-order chi connectivity index (χ1) is 16.9. The number of rotatable bonds is 8. The zero-order valence-corrected chi connectivity index (χ0v) is 20.1. The van der Waals surface area contributed by atoms with Crippen LogP contribution in [0.15, 0.2) is 48.5 Å². The lowest BCUT2D eigenvalue weighted by atomic mass is 9.97. The first kappa shape index (κ1) is 24.7. The molecule has 0 bridgehead atoms. The standard InChI is InChI=1S/C27H32N2O6/c1-3-17(2)25(26(32)29-12-13-34-18(15-29)14-24(30)31)28-27(33)35-16-23-21-10-6-4-8-19(21)20-9-5-7-11-22(20)23/h4-11,17-18,23,25H,3,12-16H2,1-2H3,(H,28,33)(H,30,31). The molecule has 2 aromatic carbocycles. The number of morpholine rings is 1. The Labute approximate surface area is 205 Å². The summed E-state index contributed by atoms with van der Waals surface area (Å²) >= 11 is 0. The smallest absolute Gasteiger partial charge is 0.407 e. The molecule has 8 heteroatoms. The van der Waals surface area contributed by atoms with Crippen LogP contribution >= 0.6 is 0 Å². The maximum Gasteiger partial charge on any atom is 0.407 e. The Bertz CT molecular complexity index is 1040. The van der Waals surface area contributed by atoms with E-state index in [-0.39, 0.29) is 43.9 Å². The summed E-state index contributed by atoms with van der Waals surface area (Å²) in [6.45, 7) is 4.83. The number of carboxylic acids is 1. The van der Waals surface area contributed by atoms with Crippen molar-refractivity contribution in [2.75, 3.05) is 26.3 Å². The molecule has 0 aromatic heterocycles. The fourth-order valence-corrected chi connectivity index (χ4v) is 4.88. The molecule has 186 valence electrons. The van der Waals surface area contributed by atoms with Crippen molar-refractivity contribution in [1.29, 1.82) is 0 Å². The zero-order valence-electron chi connectivity index (χ0n) is 20.1. The van der Waals surface area contributed by atoms with Crippen LogP contribution in [0.2, 0.25) is 0 Å². The Hall–Kier alpha value is -3.39. The van der Waals surface area contributed by atoms with Gasteiger partial charge in [-0.1, -0.05) is 68.8 Å². The Kier molecular flexibility index (Phi) is 7.70. The highest BCUT2D eigenvalue weighted by atomic mass is 16.5. The number of carbonyl (C=O) groups is 3. The van der Waals surface area contributed by atoms with Crippen LogP contribution < -0.4 is 5.32 Å². The molecule has 8 nitrogen and oxygen atoms in total. The summed E-state index contributed by atoms with van der Waals surface area (Å²) in [7, 11) is 0. The number of hydrogen-bond donors (Lipinski definition) is 2. The predicted octanol–water partition coefficient (Wildman–Crippen LogP) is 3.64. The molecule has 2 aromatic rings. The van der Waals surface area contributed by atoms with E-state index >= 15 is 0 Å². The third kappa shape index (κ3) is 5.48. The minimum atomic E-state index is -0.973. The van der Waals surface area contributed by atoms with Gasteiger partial charge >= 0.3 is 12.1 Å². The van der Waals surface area contributed by atoms with Crippen LogP contribution in [0.3, 0.4) is 0 Å². The van der Waals surface area contributed by atoms with Gasteiger partial charge in [0.05, 0.1) is 19.1 Å². The highest BCUT2D eigenvalue weighted by Crippen LogP contribution is 2.44. The number of hydrogen-bond acceptors (Lipinski definition) is 5. The number of nitrogens with zero attached hydrogens (tertiary/aromatic N) is 1. The van der Waals surface area contributed by atoms with Crippen molar-refractivity contribution >= 4 is 18.0 Å². The van der Waals surface area contributed by atoms with Crippen molar-refractivity contribution in [3.8, 4) is 11.1 Å². The molecule has 0 spiro atoms. The van der Waals surface area contributed by atoms with Gasteiger partial charge < -0.3 is 24.8 Å². The predicted molar refractivity (Wildman–Crippen MR) is 130 cm³/mol. The van der Waals surface area contributed by atoms with Gasteiger partial charge in [-0.05, 0) is 28.2 Å². The number of alkyl carbamates (subject to hydrolysis) is 1. The SMILES string of the molecule is CCC(C)C(NC(=O)OCC1c2ccccc2-c2ccccc21)C(=O)N1CCOC(CC(=O)O)C1. The highest BCUT2D eigenvalue weighted by molar-refractivity contribution is 5.86. The van der Waals surface area contributed by atoms with E-state index in [0.717, 1.165) is 22.3 Å². The quantitative estimate of drug-likeness (QED) is 0.598. The fourth-order valence-electron chi connectivity index (χ4n) is 4.88. The Morgan fingerprint density at radius 1 is 1.11 bits per heavy atom. The summed E-state index contributed by atoms with van der Waals surface area (Å²) in [4.78, 5) is 38.8. The van der Waals surface area contributed by atoms with Gasteiger partial charge in [-0.3, -0.25) is 9.59 Å². The maximum atomic E-state index is 13.3. The van der Waals surface area contributed by atoms with E-state index in [4.69, 9.17) is 14.6 Å². The Balaban J connectivity index is 1.41. The van der Waals surface area contributed by atoms with Gasteiger partial charge in [-0.2, -0.15) is 0 Å². The lowest BCUT2D eigenvalue weighted by molar-refractivity contribution is -0.149. The van der Waals surface area contributed by atoms with Crippen molar-refractivity contribution in [2.45, 2.75) is 44.8 Å². The van der Waals surface area contributed by atoms with Crippen molar-refractivity contribution in [1.82, 2.24) is 10.2 Å². The molecule has 0 saturated carbocycles. The Morgan fingerprint density at radius 3 is 2.34 bits per heavy atom. The van der Waals surface area contributed by atoms with Gasteiger partial charge in [0.1, 0.15) is 12.6 Å². The number of nitrogens with one attached hydrogen (secondary N) is 1. The van der Waals surface area contributed by atoms with Gasteiger partial charge in [0.15, 0.2) is 0 Å². The monoisotopic (exact) mass is 480 g/mol. The summed E-state index contributed by atoms with van der Waals surface area (Å²) in [5.74, 6) is -1.41. The maximum absolute atomic E-state index is 13.3. The van der Waals surface area contributed by atoms with E-state index < -0.39 is 24.2 Å². The molecule has 4 rings (SSSR count). The first-order valence-corrected chi connectivity index (χ1v) is 12.1. The van der Waals surface area contributed by atoms with Gasteiger partial charge in [0.25, 0.3) is 0 Å². The highest BCUT2D eigenvalue weighted by Gasteiger charge is 2.35. The zero-order chi connectivity index (χ0) is 24.9. The summed E-state index contributed by atoms with van der Waals surface area (Å²) in [6.07, 6.45) is -0.682. The van der Waals surface area contributed by atoms with Gasteiger partial charge in [0, 0.05) is 19.0 Å². The number of carbonyl (C=O) groups excluding carboxylic acids is 2. The van der Waals surface area contributed by atoms with Crippen LogP contribution in [0.1, 0.15) is 43.7 Å². The van der Waals surface area contributed by atoms with E-state index in [1.807, 2.05) is 38.1 Å². The summed E-state index contributed by atoms with van der Waals surface area (Å²) in [5.41, 5.74) is 4.53. The van der Waals surface area contributed by atoms with Crippen molar-refractivity contribution < 1.29 is 29.0 Å². The number of amides is 2. The third-order valence-corrected chi connectivity index (χ3v) is 6.95. The van der Waals surface area contributed by atoms with E-state index in [0.29, 0.717) is 13.0 Å². The molecule has 2 N–H and O–H groups in total. The molecule has 2 aliphatic rings. The lowest BCUT2D eigenvalue weighted by Gasteiger charge is -2.36. The molecule has 0 radical (unpaired) electrons. The molecule has 1 fully saturated rings. The second kappa shape index (κ2) is 10.9. The molecule has 35 heavy (non-hydrogen) atoms. The summed E-state index contributed by atoms with van der Waals surface area (Å²) in [5, 5.41) is 11.8. The van der Waals surface area contributed by atoms with Gasteiger partial charge in [-0.25, -0.2) is 4.79 Å². The van der Waals surface area contributed by atoms with E-state index in [1.165, 1.54) is 0 Å². The molecule has 3 unspecified atom stereocenters. The van der Waals surface area contributed by atoms with Crippen LogP contribution in [0, 0.1) is 5.92 Å². The molecule has 3 atom stereocenters. The van der Waals surface area contributed by atoms with Crippen molar-refractivity contribution in [2.24, 2.45) is 5.92 Å². The minimum Gasteiger partial charge on any atom is -0.481 e. The van der Waals surface area contributed by atoms with Crippen LogP contribution in [0.4, 0.5) is 4.79 Å². The number of ether oxygens (including phenoxy) is 2. The molecule has 1 aliphatic heterocycles. The topological polar surface area (TPSA) is 105 Å². The molecule has 1 heterocycles. The normalized spacial score (nSPS) is 18.8. The second-order valence-corrected chi connectivity index (χ2v) is 9.21. The number of fused-ring (bicyclic) bond motifs is 3. The lowest BCUT2D eigenvalue weighted by Crippen LogP contribution is -2.56. The number of carboxylic acid groups (broad SMARTS) is 1. The average Bonchev–Trinajstić information content (AvgIpc) is 3.18. The average molecular weight is 481 g/mol. The summed E-state index contributed by atoms with van der Waals surface area (Å²) < 4.78 is 11.1. The van der Waals surface area contributed by atoms with Crippen LogP contribution in [-0.4, -0.2) is 66.4 Å². The van der Waals surface area contributed by atoms with Gasteiger partial charge in [0.2, 0.25) is 5.91 Å². The second-order valence-electron chi connectivity index (χ2n) is 9.21. The van der Waals surface area contributed by atoms with Crippen LogP contribution in [0.25, 0.3) is 11.1 Å². The largest absolute Gasteiger partial charge is 0.481 e. The minimum absolute atomic E-state index is 0.0677. The Morgan fingerprint density at radius 2 is 1.74 bits per heavy atom. The van der Waals surface area contributed by atoms with Crippen molar-refractivity contribution in [3.05, 3.63) is 59.7 Å². The van der Waals surface area contributed by atoms with E-state index in [2.05, 4.69) is 29.6 Å². The van der Waals surface area contributed by atoms with Crippen LogP contribution in [0.5, 0.6) is 0 Å². The third-order valence-electron chi connectivity index (χ3n) is 6.95. The van der Waals surface area contributed by atoms with Gasteiger partial charge in [-0.15, -0.1) is 0 Å². The molecule has 1 aliphatic carbocycles. The van der Waals surface area contributed by atoms with Crippen LogP contribution in [-0.2, 0) is 19.1 Å².